The molecule has 2 aliphatic rings. The molecule has 1 aromatic carbocycles. The third-order valence-electron chi connectivity index (χ3n) is 6.68. The Morgan fingerprint density at radius 2 is 1.88 bits per heavy atom. The number of amides is 2. The van der Waals surface area contributed by atoms with Crippen molar-refractivity contribution in [1.82, 2.24) is 10.2 Å². The van der Waals surface area contributed by atoms with E-state index in [1.54, 1.807) is 11.8 Å². The first kappa shape index (κ1) is 25.0. The molecule has 1 aliphatic heterocycles. The number of hydrogen-bond acceptors (Lipinski definition) is 5. The summed E-state index contributed by atoms with van der Waals surface area (Å²) in [5, 5.41) is 12.2. The highest BCUT2D eigenvalue weighted by Gasteiger charge is 2.57. The summed E-state index contributed by atoms with van der Waals surface area (Å²) in [6.45, 7) is 4.85. The van der Waals surface area contributed by atoms with Crippen LogP contribution in [-0.2, 0) is 25.7 Å². The topological polar surface area (TPSA) is 95.9 Å². The van der Waals surface area contributed by atoms with Crippen LogP contribution in [0, 0.1) is 23.7 Å². The van der Waals surface area contributed by atoms with Gasteiger partial charge in [-0.1, -0.05) is 55.8 Å². The first-order valence-corrected chi connectivity index (χ1v) is 12.1. The molecule has 7 heteroatoms. The van der Waals surface area contributed by atoms with E-state index in [4.69, 9.17) is 4.74 Å². The monoisotopic (exact) mass is 456 g/mol. The lowest BCUT2D eigenvalue weighted by Gasteiger charge is -2.33. The lowest BCUT2D eigenvalue weighted by molar-refractivity contribution is -0.155. The van der Waals surface area contributed by atoms with Crippen LogP contribution in [0.25, 0.3) is 0 Å². The van der Waals surface area contributed by atoms with Crippen LogP contribution in [0.15, 0.2) is 42.5 Å². The van der Waals surface area contributed by atoms with E-state index in [9.17, 15) is 19.5 Å². The molecule has 2 amide bonds. The number of carbonyl (C=O) groups excluding carboxylic acids is 3. The zero-order valence-corrected chi connectivity index (χ0v) is 19.6. The standard InChI is InChI=1S/C26H36N2O5/c1-3-10-19-13-14-20-22(21(19)26(32)33-4-2)25(31)28(15-8-9-16-29)23(20)24(30)27-17-18-11-6-5-7-12-18/h5-7,11-14,19-23,29H,3-4,8-10,15-17H2,1-2H3,(H,27,30)/t19-,20+,21-,22+,23+/m1/s1. The maximum atomic E-state index is 13.6. The van der Waals surface area contributed by atoms with Crippen molar-refractivity contribution in [3.8, 4) is 0 Å². The van der Waals surface area contributed by atoms with Gasteiger partial charge in [-0.15, -0.1) is 0 Å². The summed E-state index contributed by atoms with van der Waals surface area (Å²) in [4.78, 5) is 41.6. The normalized spacial score (nSPS) is 26.2. The summed E-state index contributed by atoms with van der Waals surface area (Å²) in [5.41, 5.74) is 0.977. The molecule has 1 saturated heterocycles. The van der Waals surface area contributed by atoms with Gasteiger partial charge in [0.05, 0.1) is 18.4 Å². The Labute approximate surface area is 196 Å². The van der Waals surface area contributed by atoms with Gasteiger partial charge in [0.25, 0.3) is 0 Å². The third-order valence-corrected chi connectivity index (χ3v) is 6.68. The van der Waals surface area contributed by atoms with E-state index >= 15 is 0 Å². The average molecular weight is 457 g/mol. The number of fused-ring (bicyclic) bond motifs is 1. The molecule has 1 fully saturated rings. The molecule has 0 unspecified atom stereocenters. The number of ether oxygens (including phenoxy) is 1. The summed E-state index contributed by atoms with van der Waals surface area (Å²) in [7, 11) is 0. The Balaban J connectivity index is 1.88. The maximum absolute atomic E-state index is 13.6. The number of unbranched alkanes of at least 4 members (excludes halogenated alkanes) is 1. The molecule has 33 heavy (non-hydrogen) atoms. The summed E-state index contributed by atoms with van der Waals surface area (Å²) in [6, 6.07) is 8.95. The first-order valence-electron chi connectivity index (χ1n) is 12.1. The molecule has 3 rings (SSSR count). The summed E-state index contributed by atoms with van der Waals surface area (Å²) < 4.78 is 5.37. The van der Waals surface area contributed by atoms with E-state index < -0.39 is 17.9 Å². The molecule has 0 radical (unpaired) electrons. The number of allylic oxidation sites excluding steroid dienone is 1. The van der Waals surface area contributed by atoms with Gasteiger partial charge in [-0.3, -0.25) is 14.4 Å². The summed E-state index contributed by atoms with van der Waals surface area (Å²) in [5.74, 6) is -2.39. The molecule has 1 aromatic rings. The van der Waals surface area contributed by atoms with Gasteiger partial charge in [-0.2, -0.15) is 0 Å². The molecule has 0 bridgehead atoms. The van der Waals surface area contributed by atoms with Gasteiger partial charge in [0, 0.05) is 25.6 Å². The Morgan fingerprint density at radius 3 is 2.55 bits per heavy atom. The van der Waals surface area contributed by atoms with E-state index in [-0.39, 0.29) is 42.8 Å². The molecule has 5 atom stereocenters. The highest BCUT2D eigenvalue weighted by atomic mass is 16.5. The minimum Gasteiger partial charge on any atom is -0.466 e. The molecule has 0 spiro atoms. The number of carbonyl (C=O) groups is 3. The Hall–Kier alpha value is -2.67. The van der Waals surface area contributed by atoms with E-state index in [0.717, 1.165) is 18.4 Å². The van der Waals surface area contributed by atoms with Crippen LogP contribution in [-0.4, -0.2) is 53.6 Å². The van der Waals surface area contributed by atoms with Gasteiger partial charge in [-0.25, -0.2) is 0 Å². The van der Waals surface area contributed by atoms with Crippen molar-refractivity contribution in [2.45, 2.75) is 52.1 Å². The fourth-order valence-corrected chi connectivity index (χ4v) is 5.19. The quantitative estimate of drug-likeness (QED) is 0.303. The van der Waals surface area contributed by atoms with Gasteiger partial charge in [-0.05, 0) is 37.7 Å². The molecule has 0 saturated carbocycles. The van der Waals surface area contributed by atoms with Crippen molar-refractivity contribution in [3.63, 3.8) is 0 Å². The van der Waals surface area contributed by atoms with Crippen LogP contribution in [0.4, 0.5) is 0 Å². The fourth-order valence-electron chi connectivity index (χ4n) is 5.19. The van der Waals surface area contributed by atoms with Crippen LogP contribution >= 0.6 is 0 Å². The Bertz CT molecular complexity index is 840. The second-order valence-corrected chi connectivity index (χ2v) is 8.83. The van der Waals surface area contributed by atoms with Crippen molar-refractivity contribution in [2.75, 3.05) is 19.8 Å². The number of nitrogens with one attached hydrogen (secondary N) is 1. The zero-order chi connectivity index (χ0) is 23.8. The average Bonchev–Trinajstić information content (AvgIpc) is 3.10. The number of aliphatic hydroxyl groups excluding tert-OH is 1. The minimum atomic E-state index is -0.680. The Kier molecular flexibility index (Phi) is 9.06. The van der Waals surface area contributed by atoms with Gasteiger partial charge in [0.15, 0.2) is 0 Å². The number of aliphatic hydroxyl groups is 1. The fraction of sp³-hybridized carbons (Fsp3) is 0.577. The number of rotatable bonds is 11. The molecular formula is C26H36N2O5. The lowest BCUT2D eigenvalue weighted by atomic mass is 9.69. The first-order chi connectivity index (χ1) is 16.0. The zero-order valence-electron chi connectivity index (χ0n) is 19.6. The highest BCUT2D eigenvalue weighted by molar-refractivity contribution is 5.96. The van der Waals surface area contributed by atoms with Crippen molar-refractivity contribution >= 4 is 17.8 Å². The van der Waals surface area contributed by atoms with Crippen LogP contribution in [0.3, 0.4) is 0 Å². The second-order valence-electron chi connectivity index (χ2n) is 8.83. The van der Waals surface area contributed by atoms with Crippen molar-refractivity contribution in [1.29, 1.82) is 0 Å². The molecule has 7 nitrogen and oxygen atoms in total. The van der Waals surface area contributed by atoms with Gasteiger partial charge >= 0.3 is 5.97 Å². The van der Waals surface area contributed by atoms with Crippen LogP contribution in [0.2, 0.25) is 0 Å². The predicted molar refractivity (Wildman–Crippen MR) is 125 cm³/mol. The van der Waals surface area contributed by atoms with Crippen molar-refractivity contribution < 1.29 is 24.2 Å². The van der Waals surface area contributed by atoms with E-state index in [1.165, 1.54) is 0 Å². The molecule has 1 aliphatic carbocycles. The highest BCUT2D eigenvalue weighted by Crippen LogP contribution is 2.45. The van der Waals surface area contributed by atoms with Crippen LogP contribution in [0.5, 0.6) is 0 Å². The lowest BCUT2D eigenvalue weighted by Crippen LogP contribution is -2.47. The van der Waals surface area contributed by atoms with Crippen molar-refractivity contribution in [2.24, 2.45) is 23.7 Å². The molecular weight excluding hydrogens is 420 g/mol. The predicted octanol–water partition coefficient (Wildman–Crippen LogP) is 2.68. The molecule has 180 valence electrons. The maximum Gasteiger partial charge on any atom is 0.310 e. The molecule has 1 heterocycles. The Morgan fingerprint density at radius 1 is 1.12 bits per heavy atom. The molecule has 0 aromatic heterocycles. The minimum absolute atomic E-state index is 0.0314. The number of hydrogen-bond donors (Lipinski definition) is 2. The van der Waals surface area contributed by atoms with E-state index in [2.05, 4.69) is 12.2 Å². The smallest absolute Gasteiger partial charge is 0.310 e. The number of nitrogens with zero attached hydrogens (tertiary/aromatic N) is 1. The van der Waals surface area contributed by atoms with E-state index in [0.29, 0.717) is 25.9 Å². The SMILES string of the molecule is CCC[C@@H]1C=C[C@H]2[C@H](C(=O)N(CCCCO)[C@@H]2C(=O)NCc2ccccc2)[C@@H]1C(=O)OCC. The van der Waals surface area contributed by atoms with Crippen LogP contribution < -0.4 is 5.32 Å². The van der Waals surface area contributed by atoms with Gasteiger partial charge in [0.2, 0.25) is 11.8 Å². The number of likely N-dealkylation sites (tertiary alicyclic amines) is 1. The van der Waals surface area contributed by atoms with Crippen LogP contribution in [0.1, 0.15) is 45.1 Å². The number of benzene rings is 1. The van der Waals surface area contributed by atoms with Crippen molar-refractivity contribution in [3.05, 3.63) is 48.0 Å². The second kappa shape index (κ2) is 12.0. The number of esters is 1. The van der Waals surface area contributed by atoms with Gasteiger partial charge < -0.3 is 20.1 Å². The summed E-state index contributed by atoms with van der Waals surface area (Å²) in [6.07, 6.45) is 6.79. The van der Waals surface area contributed by atoms with Gasteiger partial charge in [0.1, 0.15) is 6.04 Å². The van der Waals surface area contributed by atoms with E-state index in [1.807, 2.05) is 42.5 Å². The summed E-state index contributed by atoms with van der Waals surface area (Å²) >= 11 is 0. The molecule has 2 N–H and O–H groups in total. The largest absolute Gasteiger partial charge is 0.466 e. The third kappa shape index (κ3) is 5.64.